The summed E-state index contributed by atoms with van der Waals surface area (Å²) in [5.41, 5.74) is 2.39. The Morgan fingerprint density at radius 1 is 1.33 bits per heavy atom. The second-order valence-corrected chi connectivity index (χ2v) is 6.36. The van der Waals surface area contributed by atoms with Gasteiger partial charge in [-0.05, 0) is 45.7 Å². The van der Waals surface area contributed by atoms with Crippen molar-refractivity contribution >= 4 is 17.7 Å². The van der Waals surface area contributed by atoms with Crippen molar-refractivity contribution in [2.24, 2.45) is 0 Å². The summed E-state index contributed by atoms with van der Waals surface area (Å²) in [6.07, 6.45) is 0.937. The van der Waals surface area contributed by atoms with Crippen molar-refractivity contribution in [1.82, 2.24) is 5.32 Å². The number of carbonyl (C=O) groups excluding carboxylic acids is 1. The lowest BCUT2D eigenvalue weighted by atomic mass is 10.0. The largest absolute Gasteiger partial charge is 0.351 e. The number of thioether (sulfide) groups is 1. The summed E-state index contributed by atoms with van der Waals surface area (Å²) >= 11 is 1.60. The van der Waals surface area contributed by atoms with Crippen LogP contribution in [0.2, 0.25) is 0 Å². The summed E-state index contributed by atoms with van der Waals surface area (Å²) in [4.78, 5) is 13.0. The maximum atomic E-state index is 11.8. The Balaban J connectivity index is 2.53. The molecule has 0 aliphatic rings. The molecule has 0 fully saturated rings. The summed E-state index contributed by atoms with van der Waals surface area (Å²) in [6.45, 7) is 10.3. The van der Waals surface area contributed by atoms with Crippen molar-refractivity contribution < 1.29 is 4.79 Å². The molecule has 0 atom stereocenters. The lowest BCUT2D eigenvalue weighted by Gasteiger charge is -2.24. The lowest BCUT2D eigenvalue weighted by molar-refractivity contribution is -0.120. The summed E-state index contributed by atoms with van der Waals surface area (Å²) in [6, 6.07) is 6.33. The highest BCUT2D eigenvalue weighted by molar-refractivity contribution is 8.00. The molecule has 0 aliphatic heterocycles. The maximum Gasteiger partial charge on any atom is 0.230 e. The fourth-order valence-corrected chi connectivity index (χ4v) is 2.42. The molecule has 1 rings (SSSR count). The Bertz CT molecular complexity index is 427. The average Bonchev–Trinajstić information content (AvgIpc) is 2.27. The summed E-state index contributed by atoms with van der Waals surface area (Å²) in [5.74, 6) is 0.583. The molecule has 0 bridgehead atoms. The van der Waals surface area contributed by atoms with Gasteiger partial charge in [-0.3, -0.25) is 4.79 Å². The van der Waals surface area contributed by atoms with E-state index in [2.05, 4.69) is 44.3 Å². The van der Waals surface area contributed by atoms with Crippen LogP contribution in [0.4, 0.5) is 0 Å². The first-order valence-corrected chi connectivity index (χ1v) is 7.33. The second kappa shape index (κ2) is 6.28. The van der Waals surface area contributed by atoms with E-state index >= 15 is 0 Å². The van der Waals surface area contributed by atoms with Gasteiger partial charge in [0, 0.05) is 10.4 Å². The van der Waals surface area contributed by atoms with Crippen LogP contribution < -0.4 is 5.32 Å². The van der Waals surface area contributed by atoms with Crippen molar-refractivity contribution in [3.8, 4) is 0 Å². The van der Waals surface area contributed by atoms with Crippen LogP contribution >= 0.6 is 11.8 Å². The number of amides is 1. The van der Waals surface area contributed by atoms with Crippen LogP contribution in [0, 0.1) is 13.8 Å². The van der Waals surface area contributed by atoms with Crippen LogP contribution in [-0.4, -0.2) is 17.2 Å². The van der Waals surface area contributed by atoms with Gasteiger partial charge in [0.2, 0.25) is 5.91 Å². The molecule has 3 heteroatoms. The predicted molar refractivity (Wildman–Crippen MR) is 79.2 cm³/mol. The minimum absolute atomic E-state index is 0.104. The zero-order valence-corrected chi connectivity index (χ0v) is 12.8. The Morgan fingerprint density at radius 3 is 2.56 bits per heavy atom. The van der Waals surface area contributed by atoms with E-state index in [-0.39, 0.29) is 11.4 Å². The van der Waals surface area contributed by atoms with E-state index in [1.165, 1.54) is 16.0 Å². The van der Waals surface area contributed by atoms with Crippen LogP contribution in [0.25, 0.3) is 0 Å². The van der Waals surface area contributed by atoms with Crippen LogP contribution in [0.3, 0.4) is 0 Å². The Hall–Kier alpha value is -0.960. The second-order valence-electron chi connectivity index (χ2n) is 5.34. The lowest BCUT2D eigenvalue weighted by Crippen LogP contribution is -2.43. The van der Waals surface area contributed by atoms with Gasteiger partial charge in [-0.1, -0.05) is 24.6 Å². The summed E-state index contributed by atoms with van der Waals surface area (Å²) in [5, 5.41) is 3.05. The number of carbonyl (C=O) groups is 1. The molecule has 0 spiro atoms. The zero-order chi connectivity index (χ0) is 13.8. The van der Waals surface area contributed by atoms with Crippen molar-refractivity contribution in [3.63, 3.8) is 0 Å². The topological polar surface area (TPSA) is 29.1 Å². The molecule has 0 aromatic heterocycles. The Labute approximate surface area is 115 Å². The SMILES string of the molecule is CCC(C)(C)NC(=O)CSc1ccc(C)cc1C. The standard InChI is InChI=1S/C15H23NOS/c1-6-15(4,5)16-14(17)10-18-13-8-7-11(2)9-12(13)3/h7-9H,6,10H2,1-5H3,(H,16,17). The smallest absolute Gasteiger partial charge is 0.230 e. The fourth-order valence-electron chi connectivity index (χ4n) is 1.61. The normalized spacial score (nSPS) is 11.4. The van der Waals surface area contributed by atoms with Gasteiger partial charge < -0.3 is 5.32 Å². The van der Waals surface area contributed by atoms with E-state index in [4.69, 9.17) is 0 Å². The minimum Gasteiger partial charge on any atom is -0.351 e. The van der Waals surface area contributed by atoms with Crippen LogP contribution in [0.15, 0.2) is 23.1 Å². The third-order valence-electron chi connectivity index (χ3n) is 3.05. The molecule has 0 aliphatic carbocycles. The van der Waals surface area contributed by atoms with Gasteiger partial charge in [-0.15, -0.1) is 11.8 Å². The number of hydrogen-bond donors (Lipinski definition) is 1. The highest BCUT2D eigenvalue weighted by atomic mass is 32.2. The van der Waals surface area contributed by atoms with Crippen LogP contribution in [0.5, 0.6) is 0 Å². The van der Waals surface area contributed by atoms with E-state index in [0.29, 0.717) is 5.75 Å². The van der Waals surface area contributed by atoms with Gasteiger partial charge in [0.25, 0.3) is 0 Å². The molecule has 18 heavy (non-hydrogen) atoms. The van der Waals surface area contributed by atoms with Gasteiger partial charge in [-0.25, -0.2) is 0 Å². The van der Waals surface area contributed by atoms with Crippen LogP contribution in [-0.2, 0) is 4.79 Å². The summed E-state index contributed by atoms with van der Waals surface area (Å²) < 4.78 is 0. The van der Waals surface area contributed by atoms with Crippen LogP contribution in [0.1, 0.15) is 38.3 Å². The van der Waals surface area contributed by atoms with Crippen molar-refractivity contribution in [2.75, 3.05) is 5.75 Å². The molecule has 0 unspecified atom stereocenters. The molecule has 100 valence electrons. The van der Waals surface area contributed by atoms with Gasteiger partial charge in [0.15, 0.2) is 0 Å². The third kappa shape index (κ3) is 4.73. The monoisotopic (exact) mass is 265 g/mol. The number of benzene rings is 1. The molecule has 1 amide bonds. The van der Waals surface area contributed by atoms with Gasteiger partial charge in [-0.2, -0.15) is 0 Å². The Kier molecular flexibility index (Phi) is 5.27. The van der Waals surface area contributed by atoms with E-state index in [1.54, 1.807) is 11.8 Å². The number of nitrogens with one attached hydrogen (secondary N) is 1. The highest BCUT2D eigenvalue weighted by Crippen LogP contribution is 2.23. The number of rotatable bonds is 5. The summed E-state index contributed by atoms with van der Waals surface area (Å²) in [7, 11) is 0. The molecule has 0 radical (unpaired) electrons. The number of aryl methyl sites for hydroxylation is 2. The quantitative estimate of drug-likeness (QED) is 0.822. The molecule has 0 heterocycles. The average molecular weight is 265 g/mol. The third-order valence-corrected chi connectivity index (χ3v) is 4.23. The molecule has 2 nitrogen and oxygen atoms in total. The molecule has 1 N–H and O–H groups in total. The fraction of sp³-hybridized carbons (Fsp3) is 0.533. The first kappa shape index (κ1) is 15.1. The zero-order valence-electron chi connectivity index (χ0n) is 12.0. The van der Waals surface area contributed by atoms with E-state index < -0.39 is 0 Å². The predicted octanol–water partition coefficient (Wildman–Crippen LogP) is 3.70. The van der Waals surface area contributed by atoms with E-state index in [0.717, 1.165) is 6.42 Å². The molecule has 1 aromatic carbocycles. The van der Waals surface area contributed by atoms with E-state index in [9.17, 15) is 4.79 Å². The highest BCUT2D eigenvalue weighted by Gasteiger charge is 2.17. The van der Waals surface area contributed by atoms with Crippen molar-refractivity contribution in [2.45, 2.75) is 51.5 Å². The molecular formula is C15H23NOS. The molecule has 0 saturated heterocycles. The van der Waals surface area contributed by atoms with Crippen molar-refractivity contribution in [3.05, 3.63) is 29.3 Å². The maximum absolute atomic E-state index is 11.8. The molecule has 0 saturated carbocycles. The van der Waals surface area contributed by atoms with Gasteiger partial charge in [0.1, 0.15) is 0 Å². The van der Waals surface area contributed by atoms with E-state index in [1.807, 2.05) is 13.8 Å². The van der Waals surface area contributed by atoms with Gasteiger partial charge in [0.05, 0.1) is 5.75 Å². The first-order chi connectivity index (χ1) is 8.34. The minimum atomic E-state index is -0.111. The molecule has 1 aromatic rings. The van der Waals surface area contributed by atoms with Gasteiger partial charge >= 0.3 is 0 Å². The van der Waals surface area contributed by atoms with Crippen molar-refractivity contribution in [1.29, 1.82) is 0 Å². The first-order valence-electron chi connectivity index (χ1n) is 6.35. The Morgan fingerprint density at radius 2 is 2.00 bits per heavy atom. The number of hydrogen-bond acceptors (Lipinski definition) is 2. The molecular weight excluding hydrogens is 242 g/mol.